The van der Waals surface area contributed by atoms with Crippen LogP contribution in [0.2, 0.25) is 5.04 Å². The van der Waals surface area contributed by atoms with Gasteiger partial charge in [-0.05, 0) is 38.2 Å². The van der Waals surface area contributed by atoms with Gasteiger partial charge in [0.25, 0.3) is 14.0 Å². The summed E-state index contributed by atoms with van der Waals surface area (Å²) in [6.45, 7) is 7.61. The van der Waals surface area contributed by atoms with Gasteiger partial charge in [-0.3, -0.25) is 19.6 Å². The lowest BCUT2D eigenvalue weighted by Gasteiger charge is -2.51. The van der Waals surface area contributed by atoms with E-state index in [2.05, 4.69) is 127 Å². The van der Waals surface area contributed by atoms with Gasteiger partial charge < -0.3 is 14.9 Å². The van der Waals surface area contributed by atoms with E-state index in [4.69, 9.17) is 14.9 Å². The van der Waals surface area contributed by atoms with Crippen LogP contribution in [-0.4, -0.2) is 53.5 Å². The number of nitrogens with zero attached hydrogens (tertiary/aromatic N) is 4. The average molecular weight is 852 g/mol. The predicted octanol–water partition coefficient (Wildman–Crippen LogP) is 7.90. The fourth-order valence-electron chi connectivity index (χ4n) is 9.06. The van der Waals surface area contributed by atoms with Gasteiger partial charge in [0.2, 0.25) is 0 Å². The van der Waals surface area contributed by atoms with Crippen LogP contribution in [0.1, 0.15) is 54.8 Å². The van der Waals surface area contributed by atoms with E-state index in [1.54, 1.807) is 24.4 Å². The highest BCUT2D eigenvalue weighted by Gasteiger charge is 2.52. The summed E-state index contributed by atoms with van der Waals surface area (Å²) in [5, 5.41) is 13.8. The summed E-state index contributed by atoms with van der Waals surface area (Å²) >= 11 is 0. The standard InChI is InChI=1S/C52H49N5O5Si/c1-51(2,3)63(45-28-15-7-16-29-45,46-30-17-8-18-31-46)61-38-44-36-55(52(41-22-9-4-10-23-41,42-24-11-5-12-25-42)43-26-13-6-14-27-43)37-48(62-44)56-35-40(49(53)54-50(56)58)34-33-39-21-19-20-32-47(39)57(59)60/h4-32,35,44,48H,36-38H2,1-3H3,(H2,53,54,58)/t44-,48+/m0/s1. The SMILES string of the molecule is CC(C)(C)[Si](OC[C@@H]1CN(C(c2ccccc2)(c2ccccc2)c2ccccc2)C[C@H](n2cc(C#Cc3ccccc3[N+](=O)[O-])c(N)nc2=O)O1)(c1ccccc1)c1ccccc1. The van der Waals surface area contributed by atoms with Crippen molar-refractivity contribution in [2.24, 2.45) is 0 Å². The number of morpholine rings is 1. The van der Waals surface area contributed by atoms with Crippen LogP contribution in [-0.2, 0) is 14.7 Å². The van der Waals surface area contributed by atoms with E-state index in [1.807, 2.05) is 66.7 Å². The molecule has 0 saturated carbocycles. The van der Waals surface area contributed by atoms with Gasteiger partial charge in [0.05, 0.1) is 28.7 Å². The van der Waals surface area contributed by atoms with Gasteiger partial charge in [0, 0.05) is 25.4 Å². The number of nitro groups is 1. The summed E-state index contributed by atoms with van der Waals surface area (Å²) in [5.74, 6) is 5.78. The Hall–Kier alpha value is -6.94. The molecule has 0 bridgehead atoms. The third-order valence-electron chi connectivity index (χ3n) is 11.8. The van der Waals surface area contributed by atoms with E-state index in [9.17, 15) is 14.9 Å². The molecule has 2 N–H and O–H groups in total. The number of para-hydroxylation sites is 1. The topological polar surface area (TPSA) is 126 Å². The molecule has 1 fully saturated rings. The number of anilines is 1. The molecule has 1 aromatic heterocycles. The molecule has 11 heteroatoms. The molecule has 7 aromatic rings. The second-order valence-corrected chi connectivity index (χ2v) is 21.0. The van der Waals surface area contributed by atoms with Crippen LogP contribution >= 0.6 is 0 Å². The van der Waals surface area contributed by atoms with Gasteiger partial charge in [0.1, 0.15) is 11.4 Å². The number of nitrogen functional groups attached to an aromatic ring is 1. The second kappa shape index (κ2) is 18.2. The summed E-state index contributed by atoms with van der Waals surface area (Å²) in [7, 11) is -3.04. The first kappa shape index (κ1) is 42.7. The number of aromatic nitrogens is 2. The van der Waals surface area contributed by atoms with Gasteiger partial charge in [-0.2, -0.15) is 4.98 Å². The Bertz CT molecular complexity index is 2660. The molecule has 1 aliphatic rings. The van der Waals surface area contributed by atoms with E-state index < -0.39 is 36.8 Å². The minimum absolute atomic E-state index is 0.0891. The van der Waals surface area contributed by atoms with Crippen molar-refractivity contribution >= 4 is 30.2 Å². The van der Waals surface area contributed by atoms with Crippen molar-refractivity contribution in [3.63, 3.8) is 0 Å². The van der Waals surface area contributed by atoms with Crippen LogP contribution in [0, 0.1) is 22.0 Å². The molecule has 316 valence electrons. The molecule has 6 aromatic carbocycles. The molecule has 0 aliphatic carbocycles. The molecule has 63 heavy (non-hydrogen) atoms. The van der Waals surface area contributed by atoms with Gasteiger partial charge in [0.15, 0.2) is 6.23 Å². The van der Waals surface area contributed by atoms with E-state index in [1.165, 1.54) is 10.6 Å². The lowest BCUT2D eigenvalue weighted by molar-refractivity contribution is -0.385. The highest BCUT2D eigenvalue weighted by molar-refractivity contribution is 6.99. The highest BCUT2D eigenvalue weighted by Crippen LogP contribution is 2.45. The summed E-state index contributed by atoms with van der Waals surface area (Å²) in [6.07, 6.45) is 0.0942. The summed E-state index contributed by atoms with van der Waals surface area (Å²) < 4.78 is 16.1. The van der Waals surface area contributed by atoms with Gasteiger partial charge in [-0.25, -0.2) is 4.79 Å². The molecule has 0 spiro atoms. The summed E-state index contributed by atoms with van der Waals surface area (Å²) in [5.41, 5.74) is 8.28. The Balaban J connectivity index is 1.30. The molecule has 1 saturated heterocycles. The molecule has 2 atom stereocenters. The van der Waals surface area contributed by atoms with Crippen molar-refractivity contribution in [2.75, 3.05) is 25.4 Å². The van der Waals surface area contributed by atoms with Crippen LogP contribution in [0.25, 0.3) is 0 Å². The Morgan fingerprint density at radius 1 is 0.714 bits per heavy atom. The predicted molar refractivity (Wildman–Crippen MR) is 250 cm³/mol. The fourth-order valence-corrected chi connectivity index (χ4v) is 13.7. The van der Waals surface area contributed by atoms with Gasteiger partial charge in [-0.15, -0.1) is 0 Å². The number of ether oxygens (including phenoxy) is 1. The number of rotatable bonds is 11. The number of hydrogen-bond donors (Lipinski definition) is 1. The molecular formula is C52H49N5O5Si. The van der Waals surface area contributed by atoms with Crippen LogP contribution in [0.3, 0.4) is 0 Å². The van der Waals surface area contributed by atoms with Gasteiger partial charge in [-0.1, -0.05) is 196 Å². The maximum atomic E-state index is 14.1. The normalized spacial score (nSPS) is 15.9. The van der Waals surface area contributed by atoms with E-state index in [0.717, 1.165) is 27.1 Å². The Labute approximate surface area is 368 Å². The molecule has 8 rings (SSSR count). The maximum Gasteiger partial charge on any atom is 0.351 e. The van der Waals surface area contributed by atoms with Crippen LogP contribution in [0.4, 0.5) is 11.5 Å². The van der Waals surface area contributed by atoms with E-state index in [0.29, 0.717) is 6.54 Å². The Kier molecular flexibility index (Phi) is 12.3. The highest BCUT2D eigenvalue weighted by atomic mass is 28.4. The smallest absolute Gasteiger partial charge is 0.351 e. The summed E-state index contributed by atoms with van der Waals surface area (Å²) in [4.78, 5) is 32.1. The van der Waals surface area contributed by atoms with Crippen molar-refractivity contribution in [3.05, 3.63) is 231 Å². The zero-order valence-electron chi connectivity index (χ0n) is 35.5. The Morgan fingerprint density at radius 3 is 1.67 bits per heavy atom. The van der Waals surface area contributed by atoms with Crippen LogP contribution in [0.5, 0.6) is 0 Å². The third-order valence-corrected chi connectivity index (χ3v) is 16.8. The van der Waals surface area contributed by atoms with Crippen molar-refractivity contribution in [1.82, 2.24) is 14.5 Å². The van der Waals surface area contributed by atoms with Crippen molar-refractivity contribution < 1.29 is 14.1 Å². The first-order valence-corrected chi connectivity index (χ1v) is 22.9. The zero-order chi connectivity index (χ0) is 44.0. The van der Waals surface area contributed by atoms with Crippen LogP contribution < -0.4 is 21.8 Å². The second-order valence-electron chi connectivity index (χ2n) is 16.7. The maximum absolute atomic E-state index is 14.1. The number of nitrogens with two attached hydrogens (primary N) is 1. The average Bonchev–Trinajstić information content (AvgIpc) is 3.30. The summed E-state index contributed by atoms with van der Waals surface area (Å²) in [6, 6.07) is 58.4. The van der Waals surface area contributed by atoms with Crippen molar-refractivity contribution in [2.45, 2.75) is 43.7 Å². The lowest BCUT2D eigenvalue weighted by Crippen LogP contribution is -2.67. The van der Waals surface area contributed by atoms with E-state index >= 15 is 0 Å². The molecule has 1 aliphatic heterocycles. The first-order chi connectivity index (χ1) is 30.5. The lowest BCUT2D eigenvalue weighted by atomic mass is 9.75. The monoisotopic (exact) mass is 851 g/mol. The molecule has 0 unspecified atom stereocenters. The number of benzene rings is 6. The Morgan fingerprint density at radius 2 is 1.17 bits per heavy atom. The molecule has 2 heterocycles. The molecule has 0 amide bonds. The number of nitro benzene ring substituents is 1. The molecular weight excluding hydrogens is 803 g/mol. The third kappa shape index (κ3) is 8.37. The van der Waals surface area contributed by atoms with E-state index in [-0.39, 0.29) is 40.8 Å². The zero-order valence-corrected chi connectivity index (χ0v) is 36.5. The first-order valence-electron chi connectivity index (χ1n) is 21.0. The van der Waals surface area contributed by atoms with Gasteiger partial charge >= 0.3 is 5.69 Å². The minimum atomic E-state index is -3.04. The van der Waals surface area contributed by atoms with Crippen molar-refractivity contribution in [1.29, 1.82) is 0 Å². The fraction of sp³-hybridized carbons (Fsp3) is 0.192. The molecule has 0 radical (unpaired) electrons. The quantitative estimate of drug-likeness (QED) is 0.0458. The minimum Gasteiger partial charge on any atom is -0.405 e. The molecule has 10 nitrogen and oxygen atoms in total. The van der Waals surface area contributed by atoms with Crippen molar-refractivity contribution in [3.8, 4) is 11.8 Å². The van der Waals surface area contributed by atoms with Crippen LogP contribution in [0.15, 0.2) is 187 Å². The number of hydrogen-bond acceptors (Lipinski definition) is 8. The largest absolute Gasteiger partial charge is 0.405 e.